The van der Waals surface area contributed by atoms with Gasteiger partial charge in [-0.3, -0.25) is 4.79 Å². The Bertz CT molecular complexity index is 782. The second kappa shape index (κ2) is 9.79. The Hall–Kier alpha value is -2.26. The van der Waals surface area contributed by atoms with Gasteiger partial charge in [0.25, 0.3) is 11.7 Å². The van der Waals surface area contributed by atoms with Gasteiger partial charge >= 0.3 is 0 Å². The first-order chi connectivity index (χ1) is 13.6. The molecule has 0 aromatic carbocycles. The minimum absolute atomic E-state index is 0.0229. The van der Waals surface area contributed by atoms with E-state index in [9.17, 15) is 13.6 Å². The van der Waals surface area contributed by atoms with Crippen molar-refractivity contribution in [3.8, 4) is 0 Å². The lowest BCUT2D eigenvalue weighted by Gasteiger charge is -2.34. The summed E-state index contributed by atoms with van der Waals surface area (Å²) in [6, 6.07) is 6.92. The third-order valence-corrected chi connectivity index (χ3v) is 5.35. The molecule has 150 valence electrons. The van der Waals surface area contributed by atoms with Gasteiger partial charge in [-0.05, 0) is 42.1 Å². The van der Waals surface area contributed by atoms with Gasteiger partial charge in [0.2, 0.25) is 0 Å². The molecule has 3 heterocycles. The number of amides is 1. The van der Waals surface area contributed by atoms with Crippen LogP contribution in [0.15, 0.2) is 41.7 Å². The van der Waals surface area contributed by atoms with Crippen LogP contribution in [0.1, 0.15) is 22.8 Å². The number of anilines is 1. The maximum absolute atomic E-state index is 12.6. The van der Waals surface area contributed by atoms with Crippen LogP contribution in [0.4, 0.5) is 14.6 Å². The van der Waals surface area contributed by atoms with Gasteiger partial charge in [0.1, 0.15) is 10.8 Å². The van der Waals surface area contributed by atoms with Crippen LogP contribution >= 0.6 is 11.8 Å². The normalized spacial score (nSPS) is 15.1. The molecule has 2 aromatic rings. The summed E-state index contributed by atoms with van der Waals surface area (Å²) in [5, 5.41) is 2.77. The summed E-state index contributed by atoms with van der Waals surface area (Å²) < 4.78 is 25.2. The van der Waals surface area contributed by atoms with Crippen LogP contribution in [-0.2, 0) is 6.54 Å². The lowest BCUT2D eigenvalue weighted by atomic mass is 10.2. The predicted molar refractivity (Wildman–Crippen MR) is 106 cm³/mol. The molecule has 1 saturated heterocycles. The Morgan fingerprint density at radius 3 is 2.64 bits per heavy atom. The number of carbonyl (C=O) groups excluding carboxylic acids is 1. The minimum Gasteiger partial charge on any atom is -0.354 e. The van der Waals surface area contributed by atoms with E-state index in [1.165, 1.54) is 12.3 Å². The number of aromatic nitrogens is 2. The highest BCUT2D eigenvalue weighted by Gasteiger charge is 2.18. The van der Waals surface area contributed by atoms with E-state index in [2.05, 4.69) is 32.0 Å². The second-order valence-corrected chi connectivity index (χ2v) is 7.34. The second-order valence-electron chi connectivity index (χ2n) is 6.36. The van der Waals surface area contributed by atoms with E-state index in [0.29, 0.717) is 0 Å². The van der Waals surface area contributed by atoms with Crippen LogP contribution in [-0.4, -0.2) is 59.3 Å². The fourth-order valence-electron chi connectivity index (χ4n) is 3.02. The molecule has 0 atom stereocenters. The zero-order valence-electron chi connectivity index (χ0n) is 15.6. The molecule has 9 heteroatoms. The zero-order chi connectivity index (χ0) is 19.9. The van der Waals surface area contributed by atoms with Gasteiger partial charge in [0, 0.05) is 45.1 Å². The quantitative estimate of drug-likeness (QED) is 0.713. The van der Waals surface area contributed by atoms with E-state index >= 15 is 0 Å². The molecule has 28 heavy (non-hydrogen) atoms. The van der Waals surface area contributed by atoms with Crippen LogP contribution in [0.2, 0.25) is 0 Å². The number of carbonyl (C=O) groups is 1. The molecule has 1 N–H and O–H groups in total. The summed E-state index contributed by atoms with van der Waals surface area (Å²) >= 11 is 0.268. The topological polar surface area (TPSA) is 61.4 Å². The Morgan fingerprint density at radius 2 is 2.00 bits per heavy atom. The number of halogens is 2. The number of likely N-dealkylation sites (N-methyl/N-ethyl adjacent to an activating group) is 1. The molecule has 0 aliphatic carbocycles. The van der Waals surface area contributed by atoms with Gasteiger partial charge in [-0.25, -0.2) is 9.97 Å². The van der Waals surface area contributed by atoms with Crippen LogP contribution in [0.3, 0.4) is 0 Å². The van der Waals surface area contributed by atoms with E-state index in [1.54, 1.807) is 12.3 Å². The summed E-state index contributed by atoms with van der Waals surface area (Å²) in [7, 11) is 0. The third kappa shape index (κ3) is 5.39. The number of pyridine rings is 2. The molecule has 0 radical (unpaired) electrons. The van der Waals surface area contributed by atoms with Gasteiger partial charge < -0.3 is 15.1 Å². The highest BCUT2D eigenvalue weighted by atomic mass is 32.2. The van der Waals surface area contributed by atoms with Crippen molar-refractivity contribution in [2.24, 2.45) is 0 Å². The van der Waals surface area contributed by atoms with Gasteiger partial charge in [0.05, 0.1) is 5.56 Å². The van der Waals surface area contributed by atoms with Crippen molar-refractivity contribution >= 4 is 23.5 Å². The van der Waals surface area contributed by atoms with Crippen molar-refractivity contribution < 1.29 is 13.6 Å². The van der Waals surface area contributed by atoms with E-state index in [-0.39, 0.29) is 28.9 Å². The smallest absolute Gasteiger partial charge is 0.290 e. The fraction of sp³-hybridized carbons (Fsp3) is 0.421. The lowest BCUT2D eigenvalue weighted by molar-refractivity contribution is 0.0947. The first-order valence-electron chi connectivity index (χ1n) is 9.17. The molecule has 1 fully saturated rings. The summed E-state index contributed by atoms with van der Waals surface area (Å²) in [4.78, 5) is 25.4. The maximum Gasteiger partial charge on any atom is 0.290 e. The van der Waals surface area contributed by atoms with E-state index in [4.69, 9.17) is 0 Å². The first-order valence-corrected chi connectivity index (χ1v) is 10.0. The van der Waals surface area contributed by atoms with Crippen LogP contribution < -0.4 is 10.2 Å². The average Bonchev–Trinajstić information content (AvgIpc) is 2.72. The van der Waals surface area contributed by atoms with Gasteiger partial charge in [-0.2, -0.15) is 8.78 Å². The number of thioether (sulfide) groups is 1. The van der Waals surface area contributed by atoms with Crippen LogP contribution in [0, 0.1) is 0 Å². The molecule has 0 spiro atoms. The maximum atomic E-state index is 12.6. The van der Waals surface area contributed by atoms with Gasteiger partial charge in [-0.1, -0.05) is 13.0 Å². The summed E-state index contributed by atoms with van der Waals surface area (Å²) in [5.74, 6) is -2.14. The first kappa shape index (κ1) is 20.5. The fourth-order valence-corrected chi connectivity index (χ4v) is 3.60. The Labute approximate surface area is 167 Å². The van der Waals surface area contributed by atoms with Crippen molar-refractivity contribution in [2.75, 3.05) is 37.6 Å². The number of nitrogens with one attached hydrogen (secondary N) is 1. The molecular formula is C19H23F2N5OS. The van der Waals surface area contributed by atoms with Crippen LogP contribution in [0.25, 0.3) is 0 Å². The molecule has 0 unspecified atom stereocenters. The average molecular weight is 407 g/mol. The highest BCUT2D eigenvalue weighted by molar-refractivity contribution is 7.99. The molecule has 6 nitrogen and oxygen atoms in total. The van der Waals surface area contributed by atoms with Crippen LogP contribution in [0.5, 0.6) is 0 Å². The molecule has 3 rings (SSSR count). The summed E-state index contributed by atoms with van der Waals surface area (Å²) in [5.41, 5.74) is 0.988. The molecule has 1 aliphatic rings. The molecule has 0 saturated carbocycles. The third-order valence-electron chi connectivity index (χ3n) is 4.62. The highest BCUT2D eigenvalue weighted by Crippen LogP contribution is 2.26. The minimum atomic E-state index is -2.63. The van der Waals surface area contributed by atoms with E-state index in [1.807, 2.05) is 12.1 Å². The molecule has 1 amide bonds. The number of piperazine rings is 1. The lowest BCUT2D eigenvalue weighted by Crippen LogP contribution is -2.46. The summed E-state index contributed by atoms with van der Waals surface area (Å²) in [6.07, 6.45) is 3.13. The SMILES string of the molecule is CCN1CCN(c2ccc(CNC(=O)c3cccnc3SC(F)F)cn2)CC1. The monoisotopic (exact) mass is 407 g/mol. The number of rotatable bonds is 7. The Morgan fingerprint density at radius 1 is 1.21 bits per heavy atom. The molecular weight excluding hydrogens is 384 g/mol. The van der Waals surface area contributed by atoms with Crippen molar-refractivity contribution in [3.05, 3.63) is 47.8 Å². The molecule has 0 bridgehead atoms. The van der Waals surface area contributed by atoms with Crippen molar-refractivity contribution in [1.82, 2.24) is 20.2 Å². The zero-order valence-corrected chi connectivity index (χ0v) is 16.5. The predicted octanol–water partition coefficient (Wildman–Crippen LogP) is 2.86. The summed E-state index contributed by atoms with van der Waals surface area (Å²) in [6.45, 7) is 7.45. The Balaban J connectivity index is 1.56. The van der Waals surface area contributed by atoms with Crippen molar-refractivity contribution in [1.29, 1.82) is 0 Å². The number of hydrogen-bond acceptors (Lipinski definition) is 6. The van der Waals surface area contributed by atoms with Gasteiger partial charge in [0.15, 0.2) is 0 Å². The number of nitrogens with zero attached hydrogens (tertiary/aromatic N) is 4. The van der Waals surface area contributed by atoms with Crippen molar-refractivity contribution in [2.45, 2.75) is 24.3 Å². The van der Waals surface area contributed by atoms with Gasteiger partial charge in [-0.15, -0.1) is 0 Å². The largest absolute Gasteiger partial charge is 0.354 e. The standard InChI is InChI=1S/C19H23F2N5OS/c1-2-25-8-10-26(11-9-25)16-6-5-14(12-23-16)13-24-17(27)15-4-3-7-22-18(15)28-19(20)21/h3-7,12,19H,2,8-11,13H2,1H3,(H,24,27). The molecule has 1 aliphatic heterocycles. The van der Waals surface area contributed by atoms with E-state index in [0.717, 1.165) is 44.1 Å². The van der Waals surface area contributed by atoms with E-state index < -0.39 is 11.7 Å². The molecule has 2 aromatic heterocycles. The Kier molecular flexibility index (Phi) is 7.16. The number of hydrogen-bond donors (Lipinski definition) is 1. The number of alkyl halides is 2. The van der Waals surface area contributed by atoms with Crippen molar-refractivity contribution in [3.63, 3.8) is 0 Å².